The van der Waals surface area contributed by atoms with E-state index in [1.165, 1.54) is 18.5 Å². The molecule has 1 heterocycles. The molecule has 0 aliphatic heterocycles. The van der Waals surface area contributed by atoms with Crippen molar-refractivity contribution in [3.05, 3.63) is 42.9 Å². The highest BCUT2D eigenvalue weighted by molar-refractivity contribution is 5.33. The summed E-state index contributed by atoms with van der Waals surface area (Å²) in [5, 5.41) is 9.18. The molecule has 0 unspecified atom stereocenters. The minimum Gasteiger partial charge on any atom is -0.508 e. The molecule has 0 amide bonds. The lowest BCUT2D eigenvalue weighted by molar-refractivity contribution is 0.444. The number of rotatable bonds is 2. The van der Waals surface area contributed by atoms with Crippen molar-refractivity contribution in [1.82, 2.24) is 9.97 Å². The van der Waals surface area contributed by atoms with Crippen LogP contribution in [0.1, 0.15) is 0 Å². The third kappa shape index (κ3) is 1.98. The molecule has 0 bridgehead atoms. The van der Waals surface area contributed by atoms with Gasteiger partial charge in [0.25, 0.3) is 0 Å². The van der Waals surface area contributed by atoms with E-state index in [4.69, 9.17) is 4.74 Å². The Morgan fingerprint density at radius 3 is 2.86 bits per heavy atom. The summed E-state index contributed by atoms with van der Waals surface area (Å²) in [5.41, 5.74) is 0. The van der Waals surface area contributed by atoms with Gasteiger partial charge in [-0.2, -0.15) is 0 Å². The molecule has 70 valence electrons. The summed E-state index contributed by atoms with van der Waals surface area (Å²) in [5.74, 6) is 1.09. The van der Waals surface area contributed by atoms with Gasteiger partial charge in [-0.05, 0) is 12.1 Å². The first kappa shape index (κ1) is 8.50. The first-order valence-electron chi connectivity index (χ1n) is 4.07. The zero-order chi connectivity index (χ0) is 9.80. The number of hydrogen-bond acceptors (Lipinski definition) is 4. The molecule has 0 aliphatic rings. The van der Waals surface area contributed by atoms with Crippen LogP contribution in [0.5, 0.6) is 17.4 Å². The highest BCUT2D eigenvalue weighted by atomic mass is 16.5. The van der Waals surface area contributed by atoms with E-state index in [1.807, 2.05) is 0 Å². The number of benzene rings is 1. The van der Waals surface area contributed by atoms with Gasteiger partial charge in [0.2, 0.25) is 5.88 Å². The highest BCUT2D eigenvalue weighted by Gasteiger charge is 1.98. The van der Waals surface area contributed by atoms with Crippen LogP contribution in [0.2, 0.25) is 0 Å². The molecule has 0 aliphatic carbocycles. The van der Waals surface area contributed by atoms with Crippen LogP contribution in [0.4, 0.5) is 0 Å². The smallest absolute Gasteiger partial charge is 0.237 e. The van der Waals surface area contributed by atoms with Gasteiger partial charge in [-0.1, -0.05) is 6.07 Å². The van der Waals surface area contributed by atoms with Gasteiger partial charge in [0.15, 0.2) is 0 Å². The second-order valence-corrected chi connectivity index (χ2v) is 2.64. The molecule has 0 radical (unpaired) electrons. The number of phenols is 1. The molecule has 14 heavy (non-hydrogen) atoms. The molecule has 1 N–H and O–H groups in total. The Hall–Kier alpha value is -2.10. The summed E-state index contributed by atoms with van der Waals surface area (Å²) in [6.45, 7) is 0. The normalized spacial score (nSPS) is 9.71. The maximum Gasteiger partial charge on any atom is 0.237 e. The summed E-state index contributed by atoms with van der Waals surface area (Å²) in [6, 6.07) is 6.51. The number of phenolic OH excluding ortho intramolecular Hbond substituents is 1. The van der Waals surface area contributed by atoms with Crippen molar-refractivity contribution in [3.63, 3.8) is 0 Å². The Balaban J connectivity index is 2.19. The summed E-state index contributed by atoms with van der Waals surface area (Å²) in [7, 11) is 0. The van der Waals surface area contributed by atoms with Crippen molar-refractivity contribution in [1.29, 1.82) is 0 Å². The second kappa shape index (κ2) is 3.74. The number of hydrogen-bond donors (Lipinski definition) is 1. The van der Waals surface area contributed by atoms with E-state index in [9.17, 15) is 5.11 Å². The summed E-state index contributed by atoms with van der Waals surface area (Å²) < 4.78 is 5.33. The van der Waals surface area contributed by atoms with E-state index >= 15 is 0 Å². The van der Waals surface area contributed by atoms with Crippen molar-refractivity contribution < 1.29 is 9.84 Å². The van der Waals surface area contributed by atoms with Crippen molar-refractivity contribution in [3.8, 4) is 17.4 Å². The molecule has 2 rings (SSSR count). The maximum atomic E-state index is 9.18. The van der Waals surface area contributed by atoms with Crippen molar-refractivity contribution >= 4 is 0 Å². The molecule has 0 fully saturated rings. The highest BCUT2D eigenvalue weighted by Crippen LogP contribution is 2.21. The van der Waals surface area contributed by atoms with Crippen molar-refractivity contribution in [2.75, 3.05) is 0 Å². The molecule has 1 aromatic heterocycles. The van der Waals surface area contributed by atoms with E-state index in [0.29, 0.717) is 11.6 Å². The SMILES string of the molecule is Oc1cccc(Oc2cnccn2)c1. The van der Waals surface area contributed by atoms with Gasteiger partial charge in [0.1, 0.15) is 11.5 Å². The van der Waals surface area contributed by atoms with Crippen LogP contribution in [0.15, 0.2) is 42.9 Å². The van der Waals surface area contributed by atoms with Crippen molar-refractivity contribution in [2.24, 2.45) is 0 Å². The summed E-state index contributed by atoms with van der Waals surface area (Å²) in [4.78, 5) is 7.79. The quantitative estimate of drug-likeness (QED) is 0.782. The predicted molar refractivity (Wildman–Crippen MR) is 50.2 cm³/mol. The van der Waals surface area contributed by atoms with E-state index in [1.54, 1.807) is 24.4 Å². The monoisotopic (exact) mass is 188 g/mol. The Morgan fingerprint density at radius 2 is 2.14 bits per heavy atom. The standard InChI is InChI=1S/C10H8N2O2/c13-8-2-1-3-9(6-8)14-10-7-11-4-5-12-10/h1-7,13H. The third-order valence-electron chi connectivity index (χ3n) is 1.58. The first-order valence-corrected chi connectivity index (χ1v) is 4.07. The number of nitrogens with zero attached hydrogens (tertiary/aromatic N) is 2. The minimum atomic E-state index is 0.159. The van der Waals surface area contributed by atoms with Crippen LogP contribution in [0.3, 0.4) is 0 Å². The number of aromatic hydroxyl groups is 1. The number of ether oxygens (including phenoxy) is 1. The molecule has 0 saturated carbocycles. The molecule has 0 atom stereocenters. The lowest BCUT2D eigenvalue weighted by atomic mass is 10.3. The molecule has 2 aromatic rings. The molecule has 1 aromatic carbocycles. The van der Waals surface area contributed by atoms with Gasteiger partial charge in [-0.15, -0.1) is 0 Å². The van der Waals surface area contributed by atoms with Gasteiger partial charge in [0.05, 0.1) is 6.20 Å². The minimum absolute atomic E-state index is 0.159. The second-order valence-electron chi connectivity index (χ2n) is 2.64. The van der Waals surface area contributed by atoms with Crippen LogP contribution in [0, 0.1) is 0 Å². The lowest BCUT2D eigenvalue weighted by Crippen LogP contribution is -1.87. The molecule has 0 spiro atoms. The van der Waals surface area contributed by atoms with Crippen LogP contribution < -0.4 is 4.74 Å². The fourth-order valence-electron chi connectivity index (χ4n) is 1.01. The molecular weight excluding hydrogens is 180 g/mol. The van der Waals surface area contributed by atoms with Crippen LogP contribution in [0.25, 0.3) is 0 Å². The van der Waals surface area contributed by atoms with E-state index in [-0.39, 0.29) is 5.75 Å². The Bertz CT molecular complexity index is 417. The van der Waals surface area contributed by atoms with Gasteiger partial charge in [0, 0.05) is 18.5 Å². The van der Waals surface area contributed by atoms with Crippen LogP contribution >= 0.6 is 0 Å². The maximum absolute atomic E-state index is 9.18. The molecular formula is C10H8N2O2. The fraction of sp³-hybridized carbons (Fsp3) is 0. The Kier molecular flexibility index (Phi) is 2.27. The largest absolute Gasteiger partial charge is 0.508 e. The zero-order valence-electron chi connectivity index (χ0n) is 7.29. The molecule has 4 nitrogen and oxygen atoms in total. The van der Waals surface area contributed by atoms with E-state index in [0.717, 1.165) is 0 Å². The van der Waals surface area contributed by atoms with Gasteiger partial charge < -0.3 is 9.84 Å². The van der Waals surface area contributed by atoms with Gasteiger partial charge in [-0.3, -0.25) is 4.98 Å². The molecule has 0 saturated heterocycles. The average molecular weight is 188 g/mol. The molecule has 4 heteroatoms. The average Bonchev–Trinajstić information content (AvgIpc) is 2.19. The van der Waals surface area contributed by atoms with Crippen LogP contribution in [-0.2, 0) is 0 Å². The van der Waals surface area contributed by atoms with E-state index in [2.05, 4.69) is 9.97 Å². The fourth-order valence-corrected chi connectivity index (χ4v) is 1.01. The third-order valence-corrected chi connectivity index (χ3v) is 1.58. The topological polar surface area (TPSA) is 55.2 Å². The predicted octanol–water partition coefficient (Wildman–Crippen LogP) is 1.97. The Morgan fingerprint density at radius 1 is 1.21 bits per heavy atom. The lowest BCUT2D eigenvalue weighted by Gasteiger charge is -2.03. The van der Waals surface area contributed by atoms with E-state index < -0.39 is 0 Å². The zero-order valence-corrected chi connectivity index (χ0v) is 7.29. The van der Waals surface area contributed by atoms with Gasteiger partial charge in [-0.25, -0.2) is 4.98 Å². The number of aromatic nitrogens is 2. The first-order chi connectivity index (χ1) is 6.84. The van der Waals surface area contributed by atoms with Crippen molar-refractivity contribution in [2.45, 2.75) is 0 Å². The Labute approximate surface area is 80.8 Å². The van der Waals surface area contributed by atoms with Crippen LogP contribution in [-0.4, -0.2) is 15.1 Å². The summed E-state index contributed by atoms with van der Waals surface area (Å²) in [6.07, 6.45) is 4.61. The summed E-state index contributed by atoms with van der Waals surface area (Å²) >= 11 is 0. The van der Waals surface area contributed by atoms with Gasteiger partial charge >= 0.3 is 0 Å².